The third-order valence-corrected chi connectivity index (χ3v) is 4.83. The molecule has 0 aliphatic rings. The minimum Gasteiger partial charge on any atom is -0.366 e. The molecule has 146 valence electrons. The second-order valence-corrected chi connectivity index (χ2v) is 7.10. The molecule has 2 N–H and O–H groups in total. The lowest BCUT2D eigenvalue weighted by Crippen LogP contribution is -2.10. The van der Waals surface area contributed by atoms with Gasteiger partial charge in [-0.3, -0.25) is 0 Å². The van der Waals surface area contributed by atoms with Crippen molar-refractivity contribution in [2.24, 2.45) is 0 Å². The van der Waals surface area contributed by atoms with E-state index >= 15 is 0 Å². The Hall–Kier alpha value is -2.88. The second-order valence-electron chi connectivity index (χ2n) is 7.10. The van der Waals surface area contributed by atoms with Gasteiger partial charge in [-0.15, -0.1) is 0 Å². The minimum atomic E-state index is 0.636. The topological polar surface area (TPSA) is 49.8 Å². The summed E-state index contributed by atoms with van der Waals surface area (Å²) in [6.07, 6.45) is 5.95. The molecule has 3 rings (SSSR count). The van der Waals surface area contributed by atoms with Gasteiger partial charge in [0.25, 0.3) is 0 Å². The molecule has 0 aliphatic carbocycles. The van der Waals surface area contributed by atoms with Crippen LogP contribution in [0.1, 0.15) is 49.4 Å². The maximum atomic E-state index is 4.81. The molecule has 0 saturated heterocycles. The van der Waals surface area contributed by atoms with Gasteiger partial charge in [-0.05, 0) is 37.5 Å². The molecule has 4 nitrogen and oxygen atoms in total. The molecule has 0 unspecified atom stereocenters. The van der Waals surface area contributed by atoms with Crippen LogP contribution in [-0.2, 0) is 13.0 Å². The Morgan fingerprint density at radius 2 is 1.54 bits per heavy atom. The highest BCUT2D eigenvalue weighted by atomic mass is 15.1. The van der Waals surface area contributed by atoms with E-state index in [4.69, 9.17) is 9.97 Å². The quantitative estimate of drug-likeness (QED) is 0.411. The molecule has 0 radical (unpaired) electrons. The summed E-state index contributed by atoms with van der Waals surface area (Å²) < 4.78 is 0. The van der Waals surface area contributed by atoms with Crippen molar-refractivity contribution in [1.82, 2.24) is 9.97 Å². The van der Waals surface area contributed by atoms with E-state index in [0.717, 1.165) is 30.2 Å². The zero-order valence-corrected chi connectivity index (χ0v) is 16.9. The summed E-state index contributed by atoms with van der Waals surface area (Å²) >= 11 is 0. The Morgan fingerprint density at radius 3 is 2.25 bits per heavy atom. The summed E-state index contributed by atoms with van der Waals surface area (Å²) in [6, 6.07) is 20.5. The molecule has 0 fully saturated rings. The van der Waals surface area contributed by atoms with E-state index < -0.39 is 0 Å². The molecule has 2 aromatic carbocycles. The number of aromatic nitrogens is 2. The normalized spacial score (nSPS) is 10.6. The van der Waals surface area contributed by atoms with Crippen molar-refractivity contribution < 1.29 is 0 Å². The summed E-state index contributed by atoms with van der Waals surface area (Å²) in [7, 11) is 0. The van der Waals surface area contributed by atoms with Gasteiger partial charge in [0, 0.05) is 23.5 Å². The fourth-order valence-corrected chi connectivity index (χ4v) is 3.26. The van der Waals surface area contributed by atoms with Crippen LogP contribution >= 0.6 is 0 Å². The predicted octanol–water partition coefficient (Wildman–Crippen LogP) is 6.26. The molecule has 0 bridgehead atoms. The molecule has 3 aromatic rings. The largest absolute Gasteiger partial charge is 0.366 e. The molecule has 0 saturated carbocycles. The zero-order valence-electron chi connectivity index (χ0n) is 16.9. The van der Waals surface area contributed by atoms with Gasteiger partial charge in [-0.1, -0.05) is 74.7 Å². The number of rotatable bonds is 10. The molecule has 1 aromatic heterocycles. The van der Waals surface area contributed by atoms with Crippen LogP contribution in [0, 0.1) is 6.92 Å². The van der Waals surface area contributed by atoms with Crippen LogP contribution in [0.15, 0.2) is 60.7 Å². The van der Waals surface area contributed by atoms with Crippen LogP contribution in [0.25, 0.3) is 0 Å². The van der Waals surface area contributed by atoms with E-state index in [0.29, 0.717) is 5.95 Å². The fourth-order valence-electron chi connectivity index (χ4n) is 3.26. The van der Waals surface area contributed by atoms with Crippen molar-refractivity contribution in [2.45, 2.75) is 52.5 Å². The number of hydrogen-bond acceptors (Lipinski definition) is 4. The first kappa shape index (κ1) is 19.9. The molecule has 0 atom stereocenters. The van der Waals surface area contributed by atoms with Crippen molar-refractivity contribution in [1.29, 1.82) is 0 Å². The number of nitrogens with zero attached hydrogens (tertiary/aromatic N) is 2. The Balaban J connectivity index is 1.80. The lowest BCUT2D eigenvalue weighted by Gasteiger charge is -2.16. The third-order valence-electron chi connectivity index (χ3n) is 4.83. The zero-order chi connectivity index (χ0) is 19.6. The Kier molecular flexibility index (Phi) is 7.42. The van der Waals surface area contributed by atoms with Gasteiger partial charge in [0.05, 0.1) is 0 Å². The minimum absolute atomic E-state index is 0.636. The maximum Gasteiger partial charge on any atom is 0.229 e. The molecule has 1 heterocycles. The van der Waals surface area contributed by atoms with E-state index in [1.165, 1.54) is 36.8 Å². The van der Waals surface area contributed by atoms with Gasteiger partial charge in [0.2, 0.25) is 5.95 Å². The smallest absolute Gasteiger partial charge is 0.229 e. The summed E-state index contributed by atoms with van der Waals surface area (Å²) in [4.78, 5) is 9.53. The second kappa shape index (κ2) is 10.5. The van der Waals surface area contributed by atoms with Gasteiger partial charge in [-0.2, -0.15) is 4.98 Å². The van der Waals surface area contributed by atoms with Gasteiger partial charge < -0.3 is 10.6 Å². The number of hydrogen-bond donors (Lipinski definition) is 2. The van der Waals surface area contributed by atoms with Crippen molar-refractivity contribution in [3.63, 3.8) is 0 Å². The van der Waals surface area contributed by atoms with Crippen molar-refractivity contribution in [3.05, 3.63) is 77.5 Å². The summed E-state index contributed by atoms with van der Waals surface area (Å²) in [5.41, 5.74) is 4.51. The number of unbranched alkanes of at least 4 members (excludes halogenated alkanes) is 3. The lowest BCUT2D eigenvalue weighted by molar-refractivity contribution is 0.663. The summed E-state index contributed by atoms with van der Waals surface area (Å²) in [5.74, 6) is 1.57. The summed E-state index contributed by atoms with van der Waals surface area (Å²) in [5, 5.41) is 6.87. The third kappa shape index (κ3) is 5.81. The van der Waals surface area contributed by atoms with E-state index in [9.17, 15) is 0 Å². The van der Waals surface area contributed by atoms with Crippen molar-refractivity contribution in [2.75, 3.05) is 10.6 Å². The van der Waals surface area contributed by atoms with Gasteiger partial charge in [0.1, 0.15) is 5.82 Å². The monoisotopic (exact) mass is 374 g/mol. The van der Waals surface area contributed by atoms with Crippen molar-refractivity contribution >= 4 is 17.5 Å². The molecular weight excluding hydrogens is 344 g/mol. The Labute approximate surface area is 168 Å². The average molecular weight is 375 g/mol. The number of para-hydroxylation sites is 1. The number of anilines is 3. The van der Waals surface area contributed by atoms with Crippen molar-refractivity contribution in [3.8, 4) is 0 Å². The molecule has 0 aliphatic heterocycles. The highest BCUT2D eigenvalue weighted by Gasteiger charge is 2.12. The van der Waals surface area contributed by atoms with Crippen LogP contribution in [0.2, 0.25) is 0 Å². The van der Waals surface area contributed by atoms with E-state index in [2.05, 4.69) is 48.7 Å². The first-order valence-corrected chi connectivity index (χ1v) is 10.2. The van der Waals surface area contributed by atoms with E-state index in [-0.39, 0.29) is 0 Å². The Morgan fingerprint density at radius 1 is 0.821 bits per heavy atom. The van der Waals surface area contributed by atoms with E-state index in [1.54, 1.807) is 0 Å². The van der Waals surface area contributed by atoms with Gasteiger partial charge >= 0.3 is 0 Å². The lowest BCUT2D eigenvalue weighted by atomic mass is 10.1. The van der Waals surface area contributed by atoms with Crippen LogP contribution in [0.5, 0.6) is 0 Å². The van der Waals surface area contributed by atoms with E-state index in [1.807, 2.05) is 36.4 Å². The first-order valence-electron chi connectivity index (χ1n) is 10.2. The molecule has 4 heteroatoms. The highest BCUT2D eigenvalue weighted by molar-refractivity contribution is 5.57. The molecule has 28 heavy (non-hydrogen) atoms. The average Bonchev–Trinajstić information content (AvgIpc) is 2.72. The molecule has 0 spiro atoms. The predicted molar refractivity (Wildman–Crippen MR) is 118 cm³/mol. The van der Waals surface area contributed by atoms with Crippen LogP contribution in [-0.4, -0.2) is 9.97 Å². The number of nitrogens with one attached hydrogen (secondary N) is 2. The standard InChI is InChI=1S/C24H30N4/c1-3-4-5-12-17-22-19(2)26-24(27-21-15-10-7-11-16-21)28-23(22)25-18-20-13-8-6-9-14-20/h6-11,13-16H,3-5,12,17-18H2,1-2H3,(H2,25,26,27,28). The molecule has 0 amide bonds. The maximum absolute atomic E-state index is 4.81. The fraction of sp³-hybridized carbons (Fsp3) is 0.333. The number of benzene rings is 2. The van der Waals surface area contributed by atoms with Gasteiger partial charge in [-0.25, -0.2) is 4.98 Å². The van der Waals surface area contributed by atoms with Crippen LogP contribution < -0.4 is 10.6 Å². The van der Waals surface area contributed by atoms with Crippen LogP contribution in [0.3, 0.4) is 0 Å². The first-order chi connectivity index (χ1) is 13.8. The number of aryl methyl sites for hydroxylation is 1. The molecular formula is C24H30N4. The summed E-state index contributed by atoms with van der Waals surface area (Å²) in [6.45, 7) is 5.08. The highest BCUT2D eigenvalue weighted by Crippen LogP contribution is 2.23. The SMILES string of the molecule is CCCCCCc1c(C)nc(Nc2ccccc2)nc1NCc1ccccc1. The van der Waals surface area contributed by atoms with Gasteiger partial charge in [0.15, 0.2) is 0 Å². The Bertz CT molecular complexity index is 847. The van der Waals surface area contributed by atoms with Crippen LogP contribution in [0.4, 0.5) is 17.5 Å².